The molecule has 0 fully saturated rings. The van der Waals surface area contributed by atoms with Crippen LogP contribution < -0.4 is 0 Å². The molecule has 1 atom stereocenters. The molecule has 0 amide bonds. The van der Waals surface area contributed by atoms with Crippen molar-refractivity contribution >= 4 is 5.97 Å². The van der Waals surface area contributed by atoms with E-state index in [4.69, 9.17) is 5.11 Å². The normalized spacial score (nSPS) is 13.4. The molecular formula is C8H14O3. The zero-order chi connectivity index (χ0) is 8.69. The van der Waals surface area contributed by atoms with Crippen LogP contribution in [0.5, 0.6) is 0 Å². The van der Waals surface area contributed by atoms with Gasteiger partial charge < -0.3 is 9.84 Å². The molecule has 0 saturated heterocycles. The van der Waals surface area contributed by atoms with Crippen LogP contribution >= 0.6 is 0 Å². The van der Waals surface area contributed by atoms with Gasteiger partial charge in [0.05, 0.1) is 19.1 Å². The number of allylic oxidation sites excluding steroid dienone is 1. The minimum absolute atomic E-state index is 0.0399. The molecule has 1 N–H and O–H groups in total. The maximum absolute atomic E-state index is 10.7. The molecule has 0 saturated carbocycles. The Bertz CT molecular complexity index is 140. The molecule has 0 radical (unpaired) electrons. The summed E-state index contributed by atoms with van der Waals surface area (Å²) < 4.78 is 4.63. The van der Waals surface area contributed by atoms with Gasteiger partial charge in [-0.1, -0.05) is 12.2 Å². The van der Waals surface area contributed by atoms with E-state index in [-0.39, 0.29) is 12.4 Å². The average Bonchev–Trinajstić information content (AvgIpc) is 1.87. The van der Waals surface area contributed by atoms with E-state index >= 15 is 0 Å². The summed E-state index contributed by atoms with van der Waals surface area (Å²) >= 11 is 0. The highest BCUT2D eigenvalue weighted by atomic mass is 16.5. The number of rotatable bonds is 4. The summed E-state index contributed by atoms with van der Waals surface area (Å²) in [4.78, 5) is 10.7. The minimum Gasteiger partial charge on any atom is -0.466 e. The first kappa shape index (κ1) is 10.2. The van der Waals surface area contributed by atoms with Crippen LogP contribution in [-0.4, -0.2) is 23.8 Å². The van der Waals surface area contributed by atoms with Crippen LogP contribution in [0.1, 0.15) is 20.3 Å². The van der Waals surface area contributed by atoms with E-state index in [1.54, 1.807) is 26.0 Å². The zero-order valence-electron chi connectivity index (χ0n) is 6.91. The third-order valence-corrected chi connectivity index (χ3v) is 1.10. The molecule has 0 aliphatic rings. The molecule has 0 aliphatic carbocycles. The van der Waals surface area contributed by atoms with Crippen molar-refractivity contribution < 1.29 is 14.6 Å². The second-order valence-corrected chi connectivity index (χ2v) is 2.10. The number of carbonyl (C=O) groups excluding carboxylic acids is 1. The maximum Gasteiger partial charge on any atom is 0.308 e. The lowest BCUT2D eigenvalue weighted by Gasteiger charge is -2.03. The van der Waals surface area contributed by atoms with Crippen LogP contribution in [0.4, 0.5) is 0 Å². The molecule has 3 heteroatoms. The van der Waals surface area contributed by atoms with Crippen molar-refractivity contribution in [2.24, 2.45) is 0 Å². The van der Waals surface area contributed by atoms with Gasteiger partial charge in [-0.25, -0.2) is 0 Å². The Balaban J connectivity index is 3.57. The first-order chi connectivity index (χ1) is 5.20. The van der Waals surface area contributed by atoms with Crippen LogP contribution in [0.25, 0.3) is 0 Å². The van der Waals surface area contributed by atoms with E-state index < -0.39 is 6.10 Å². The van der Waals surface area contributed by atoms with Gasteiger partial charge in [0.15, 0.2) is 0 Å². The molecule has 11 heavy (non-hydrogen) atoms. The quantitative estimate of drug-likeness (QED) is 0.488. The summed E-state index contributed by atoms with van der Waals surface area (Å²) in [6.45, 7) is 3.88. The average molecular weight is 158 g/mol. The number of aliphatic hydroxyl groups is 1. The van der Waals surface area contributed by atoms with Gasteiger partial charge in [0.2, 0.25) is 0 Å². The maximum atomic E-state index is 10.7. The molecule has 0 heterocycles. The van der Waals surface area contributed by atoms with E-state index in [2.05, 4.69) is 4.74 Å². The van der Waals surface area contributed by atoms with Crippen molar-refractivity contribution in [3.05, 3.63) is 12.2 Å². The fourth-order valence-corrected chi connectivity index (χ4v) is 0.681. The summed E-state index contributed by atoms with van der Waals surface area (Å²) in [5.74, 6) is -0.363. The predicted molar refractivity (Wildman–Crippen MR) is 42.1 cm³/mol. The van der Waals surface area contributed by atoms with Crippen molar-refractivity contribution in [1.29, 1.82) is 0 Å². The summed E-state index contributed by atoms with van der Waals surface area (Å²) in [6.07, 6.45) is 2.58. The van der Waals surface area contributed by atoms with Crippen molar-refractivity contribution in [3.8, 4) is 0 Å². The Hall–Kier alpha value is -0.830. The SMILES string of the molecule is CC=C[C@@H](O)CC(=O)OCC. The molecular weight excluding hydrogens is 144 g/mol. The van der Waals surface area contributed by atoms with E-state index in [0.29, 0.717) is 6.61 Å². The summed E-state index contributed by atoms with van der Waals surface area (Å²) in [7, 11) is 0. The highest BCUT2D eigenvalue weighted by Crippen LogP contribution is 1.95. The van der Waals surface area contributed by atoms with Gasteiger partial charge in [-0.15, -0.1) is 0 Å². The molecule has 0 unspecified atom stereocenters. The van der Waals surface area contributed by atoms with Crippen molar-refractivity contribution in [3.63, 3.8) is 0 Å². The first-order valence-corrected chi connectivity index (χ1v) is 3.67. The van der Waals surface area contributed by atoms with E-state index in [0.717, 1.165) is 0 Å². The van der Waals surface area contributed by atoms with Gasteiger partial charge in [0.25, 0.3) is 0 Å². The van der Waals surface area contributed by atoms with Crippen LogP contribution in [0.15, 0.2) is 12.2 Å². The monoisotopic (exact) mass is 158 g/mol. The highest BCUT2D eigenvalue weighted by molar-refractivity contribution is 5.70. The molecule has 0 aromatic rings. The van der Waals surface area contributed by atoms with E-state index in [1.807, 2.05) is 0 Å². The number of hydrogen-bond donors (Lipinski definition) is 1. The molecule has 0 aliphatic heterocycles. The van der Waals surface area contributed by atoms with Crippen LogP contribution in [-0.2, 0) is 9.53 Å². The third-order valence-electron chi connectivity index (χ3n) is 1.10. The lowest BCUT2D eigenvalue weighted by atomic mass is 10.2. The first-order valence-electron chi connectivity index (χ1n) is 3.67. The Morgan fingerprint density at radius 3 is 2.82 bits per heavy atom. The molecule has 64 valence electrons. The number of aliphatic hydroxyl groups excluding tert-OH is 1. The van der Waals surface area contributed by atoms with Crippen molar-refractivity contribution in [2.45, 2.75) is 26.4 Å². The summed E-state index contributed by atoms with van der Waals surface area (Å²) in [5, 5.41) is 9.06. The molecule has 0 bridgehead atoms. The lowest BCUT2D eigenvalue weighted by Crippen LogP contribution is -2.13. The molecule has 3 nitrogen and oxygen atoms in total. The fraction of sp³-hybridized carbons (Fsp3) is 0.625. The molecule has 0 rings (SSSR count). The molecule has 0 aromatic heterocycles. The number of esters is 1. The van der Waals surface area contributed by atoms with E-state index in [1.165, 1.54) is 0 Å². The van der Waals surface area contributed by atoms with Gasteiger partial charge in [0.1, 0.15) is 0 Å². The lowest BCUT2D eigenvalue weighted by molar-refractivity contribution is -0.144. The smallest absolute Gasteiger partial charge is 0.308 e. The highest BCUT2D eigenvalue weighted by Gasteiger charge is 2.06. The third kappa shape index (κ3) is 5.61. The topological polar surface area (TPSA) is 46.5 Å². The van der Waals surface area contributed by atoms with Crippen molar-refractivity contribution in [2.75, 3.05) is 6.61 Å². The molecule has 0 aromatic carbocycles. The van der Waals surface area contributed by atoms with Gasteiger partial charge in [-0.2, -0.15) is 0 Å². The number of carbonyl (C=O) groups is 1. The van der Waals surface area contributed by atoms with E-state index in [9.17, 15) is 4.79 Å². The minimum atomic E-state index is -0.709. The van der Waals surface area contributed by atoms with Crippen LogP contribution in [0, 0.1) is 0 Å². The van der Waals surface area contributed by atoms with Crippen LogP contribution in [0.3, 0.4) is 0 Å². The Morgan fingerprint density at radius 1 is 1.73 bits per heavy atom. The molecule has 0 spiro atoms. The summed E-state index contributed by atoms with van der Waals surface area (Å²) in [5.41, 5.74) is 0. The Morgan fingerprint density at radius 2 is 2.36 bits per heavy atom. The Kier molecular flexibility index (Phi) is 5.47. The van der Waals surface area contributed by atoms with Crippen molar-refractivity contribution in [1.82, 2.24) is 0 Å². The van der Waals surface area contributed by atoms with Gasteiger partial charge >= 0.3 is 5.97 Å². The zero-order valence-corrected chi connectivity index (χ0v) is 6.91. The van der Waals surface area contributed by atoms with Crippen LogP contribution in [0.2, 0.25) is 0 Å². The summed E-state index contributed by atoms with van der Waals surface area (Å²) in [6, 6.07) is 0. The number of hydrogen-bond acceptors (Lipinski definition) is 3. The fourth-order valence-electron chi connectivity index (χ4n) is 0.681. The van der Waals surface area contributed by atoms with Gasteiger partial charge in [-0.3, -0.25) is 4.79 Å². The predicted octanol–water partition coefficient (Wildman–Crippen LogP) is 0.877. The largest absolute Gasteiger partial charge is 0.466 e. The Labute approximate surface area is 66.7 Å². The van der Waals surface area contributed by atoms with Gasteiger partial charge in [0, 0.05) is 0 Å². The second-order valence-electron chi connectivity index (χ2n) is 2.10. The van der Waals surface area contributed by atoms with Gasteiger partial charge in [-0.05, 0) is 13.8 Å². The second kappa shape index (κ2) is 5.92. The standard InChI is InChI=1S/C8H14O3/c1-3-5-7(9)6-8(10)11-4-2/h3,5,7,9H,4,6H2,1-2H3/t7-/m1/s1. The number of ether oxygens (including phenoxy) is 1.